The smallest absolute Gasteiger partial charge is 0.338 e. The number of esters is 1. The highest BCUT2D eigenvalue weighted by Crippen LogP contribution is 2.31. The standard InChI is InChI=1S/C25H23IN2O4S/c1-4-18-21(24(30)31-3)22(16-9-7-6-8-10-16)28-23(29)20(33-25(28)27-18)14-15-11-12-19(32-5-2)17(26)13-15/h6-14,22H,4-5H2,1-3H3/b20-14-/t22-/m1/s1. The van der Waals surface area contributed by atoms with E-state index in [0.29, 0.717) is 33.6 Å². The molecule has 170 valence electrons. The molecule has 6 nitrogen and oxygen atoms in total. The van der Waals surface area contributed by atoms with Crippen molar-refractivity contribution in [3.8, 4) is 5.75 Å². The van der Waals surface area contributed by atoms with E-state index in [4.69, 9.17) is 9.47 Å². The molecule has 0 N–H and O–H groups in total. The molecule has 33 heavy (non-hydrogen) atoms. The zero-order chi connectivity index (χ0) is 23.5. The number of halogens is 1. The first-order valence-corrected chi connectivity index (χ1v) is 12.5. The lowest BCUT2D eigenvalue weighted by Crippen LogP contribution is -2.40. The third-order valence-corrected chi connectivity index (χ3v) is 7.15. The van der Waals surface area contributed by atoms with Crippen LogP contribution in [0, 0.1) is 3.57 Å². The summed E-state index contributed by atoms with van der Waals surface area (Å²) >= 11 is 3.55. The van der Waals surface area contributed by atoms with Gasteiger partial charge in [0.1, 0.15) is 5.75 Å². The van der Waals surface area contributed by atoms with Gasteiger partial charge in [-0.25, -0.2) is 9.79 Å². The molecule has 1 atom stereocenters. The van der Waals surface area contributed by atoms with Crippen LogP contribution in [0.5, 0.6) is 5.75 Å². The average Bonchev–Trinajstić information content (AvgIpc) is 3.14. The SMILES string of the molecule is CCOc1ccc(/C=c2\sc3n(c2=O)[C@H](c2ccccc2)C(C(=O)OC)=C(CC)N=3)cc1I. The molecule has 2 aromatic carbocycles. The number of hydrogen-bond donors (Lipinski definition) is 0. The molecule has 0 spiro atoms. The van der Waals surface area contributed by atoms with Crippen molar-refractivity contribution >= 4 is 46.0 Å². The molecule has 0 aliphatic carbocycles. The molecule has 0 amide bonds. The molecule has 0 unspecified atom stereocenters. The van der Waals surface area contributed by atoms with Gasteiger partial charge >= 0.3 is 5.97 Å². The predicted molar refractivity (Wildman–Crippen MR) is 137 cm³/mol. The third kappa shape index (κ3) is 4.54. The van der Waals surface area contributed by atoms with E-state index in [0.717, 1.165) is 20.4 Å². The first kappa shape index (κ1) is 23.4. The van der Waals surface area contributed by atoms with Crippen molar-refractivity contribution in [3.05, 3.63) is 94.2 Å². The molecule has 3 aromatic rings. The maximum atomic E-state index is 13.6. The number of allylic oxidation sites excluding steroid dienone is 1. The molecule has 0 saturated carbocycles. The molecular weight excluding hydrogens is 551 g/mol. The van der Waals surface area contributed by atoms with Gasteiger partial charge in [-0.15, -0.1) is 0 Å². The van der Waals surface area contributed by atoms with E-state index in [1.54, 1.807) is 4.57 Å². The van der Waals surface area contributed by atoms with Gasteiger partial charge in [-0.1, -0.05) is 54.7 Å². The van der Waals surface area contributed by atoms with Crippen molar-refractivity contribution in [1.29, 1.82) is 0 Å². The Bertz CT molecular complexity index is 1410. The maximum absolute atomic E-state index is 13.6. The normalized spacial score (nSPS) is 15.8. The molecule has 0 fully saturated rings. The van der Waals surface area contributed by atoms with Crippen molar-refractivity contribution in [3.63, 3.8) is 0 Å². The Balaban J connectivity index is 1.93. The van der Waals surface area contributed by atoms with Gasteiger partial charge in [0.25, 0.3) is 5.56 Å². The summed E-state index contributed by atoms with van der Waals surface area (Å²) in [4.78, 5) is 31.6. The molecule has 1 aliphatic rings. The van der Waals surface area contributed by atoms with Crippen LogP contribution in [0.25, 0.3) is 6.08 Å². The fourth-order valence-electron chi connectivity index (χ4n) is 3.85. The van der Waals surface area contributed by atoms with Gasteiger partial charge in [0.2, 0.25) is 0 Å². The average molecular weight is 574 g/mol. The minimum Gasteiger partial charge on any atom is -0.493 e. The first-order chi connectivity index (χ1) is 16.0. The van der Waals surface area contributed by atoms with E-state index >= 15 is 0 Å². The monoisotopic (exact) mass is 574 g/mol. The molecule has 2 heterocycles. The summed E-state index contributed by atoms with van der Waals surface area (Å²) in [6.07, 6.45) is 2.41. The van der Waals surface area contributed by atoms with Crippen LogP contribution in [0.4, 0.5) is 0 Å². The Labute approximate surface area is 209 Å². The Morgan fingerprint density at radius 3 is 2.61 bits per heavy atom. The van der Waals surface area contributed by atoms with Gasteiger partial charge in [-0.05, 0) is 65.3 Å². The van der Waals surface area contributed by atoms with Crippen LogP contribution in [0.1, 0.15) is 37.4 Å². The van der Waals surface area contributed by atoms with E-state index in [2.05, 4.69) is 27.6 Å². The van der Waals surface area contributed by atoms with E-state index in [-0.39, 0.29) is 5.56 Å². The summed E-state index contributed by atoms with van der Waals surface area (Å²) in [5, 5.41) is 0. The van der Waals surface area contributed by atoms with Crippen molar-refractivity contribution in [1.82, 2.24) is 4.57 Å². The summed E-state index contributed by atoms with van der Waals surface area (Å²) in [5.41, 5.74) is 2.59. The van der Waals surface area contributed by atoms with Gasteiger partial charge in [0, 0.05) is 0 Å². The largest absolute Gasteiger partial charge is 0.493 e. The van der Waals surface area contributed by atoms with Crippen LogP contribution in [-0.2, 0) is 9.53 Å². The van der Waals surface area contributed by atoms with Crippen LogP contribution in [0.15, 0.2) is 69.6 Å². The second kappa shape index (κ2) is 10.0. The summed E-state index contributed by atoms with van der Waals surface area (Å²) in [6.45, 7) is 4.48. The van der Waals surface area contributed by atoms with Gasteiger partial charge in [-0.2, -0.15) is 0 Å². The first-order valence-electron chi connectivity index (χ1n) is 10.6. The number of carbonyl (C=O) groups excluding carboxylic acids is 1. The second-order valence-corrected chi connectivity index (χ2v) is 9.49. The van der Waals surface area contributed by atoms with E-state index < -0.39 is 12.0 Å². The number of hydrogen-bond acceptors (Lipinski definition) is 6. The van der Waals surface area contributed by atoms with E-state index in [9.17, 15) is 9.59 Å². The number of methoxy groups -OCH3 is 1. The van der Waals surface area contributed by atoms with E-state index in [1.165, 1.54) is 18.4 Å². The zero-order valence-corrected chi connectivity index (χ0v) is 21.5. The highest BCUT2D eigenvalue weighted by molar-refractivity contribution is 14.1. The second-order valence-electron chi connectivity index (χ2n) is 7.32. The van der Waals surface area contributed by atoms with E-state index in [1.807, 2.05) is 68.5 Å². The van der Waals surface area contributed by atoms with Crippen LogP contribution in [0.2, 0.25) is 0 Å². The fraction of sp³-hybridized carbons (Fsp3) is 0.240. The number of ether oxygens (including phenoxy) is 2. The summed E-state index contributed by atoms with van der Waals surface area (Å²) in [6, 6.07) is 14.8. The van der Waals surface area contributed by atoms with Gasteiger partial charge < -0.3 is 9.47 Å². The van der Waals surface area contributed by atoms with Crippen molar-refractivity contribution in [2.45, 2.75) is 26.3 Å². The number of nitrogens with zero attached hydrogens (tertiary/aromatic N) is 2. The predicted octanol–water partition coefficient (Wildman–Crippen LogP) is 3.80. The lowest BCUT2D eigenvalue weighted by molar-refractivity contribution is -0.136. The van der Waals surface area contributed by atoms with Crippen molar-refractivity contribution in [2.75, 3.05) is 13.7 Å². The molecule has 1 aromatic heterocycles. The highest BCUT2D eigenvalue weighted by atomic mass is 127. The Morgan fingerprint density at radius 1 is 1.21 bits per heavy atom. The Morgan fingerprint density at radius 2 is 1.97 bits per heavy atom. The number of fused-ring (bicyclic) bond motifs is 1. The summed E-state index contributed by atoms with van der Waals surface area (Å²) < 4.78 is 13.8. The molecule has 4 rings (SSSR count). The number of carbonyl (C=O) groups is 1. The molecule has 0 saturated heterocycles. The van der Waals surface area contributed by atoms with Crippen LogP contribution in [-0.4, -0.2) is 24.3 Å². The van der Waals surface area contributed by atoms with Crippen molar-refractivity contribution in [2.24, 2.45) is 4.99 Å². The zero-order valence-electron chi connectivity index (χ0n) is 18.5. The summed E-state index contributed by atoms with van der Waals surface area (Å²) in [5.74, 6) is 0.343. The summed E-state index contributed by atoms with van der Waals surface area (Å²) in [7, 11) is 1.35. The number of rotatable bonds is 6. The molecule has 1 aliphatic heterocycles. The van der Waals surface area contributed by atoms with Gasteiger partial charge in [-0.3, -0.25) is 9.36 Å². The lowest BCUT2D eigenvalue weighted by atomic mass is 9.95. The molecule has 8 heteroatoms. The fourth-order valence-corrected chi connectivity index (χ4v) is 5.56. The number of aromatic nitrogens is 1. The quantitative estimate of drug-likeness (QED) is 0.332. The molecule has 0 radical (unpaired) electrons. The maximum Gasteiger partial charge on any atom is 0.338 e. The lowest BCUT2D eigenvalue weighted by Gasteiger charge is -2.25. The Kier molecular flexibility index (Phi) is 7.14. The Hall–Kier alpha value is -2.72. The highest BCUT2D eigenvalue weighted by Gasteiger charge is 2.33. The van der Waals surface area contributed by atoms with Gasteiger partial charge in [0.15, 0.2) is 4.80 Å². The number of benzene rings is 2. The number of thiazole rings is 1. The molecular formula is C25H23IN2O4S. The van der Waals surface area contributed by atoms with Crippen LogP contribution >= 0.6 is 33.9 Å². The van der Waals surface area contributed by atoms with Gasteiger partial charge in [0.05, 0.1) is 39.1 Å². The minimum absolute atomic E-state index is 0.187. The molecule has 0 bridgehead atoms. The van der Waals surface area contributed by atoms with Crippen LogP contribution in [0.3, 0.4) is 0 Å². The van der Waals surface area contributed by atoms with Crippen molar-refractivity contribution < 1.29 is 14.3 Å². The van der Waals surface area contributed by atoms with Crippen LogP contribution < -0.4 is 19.6 Å². The topological polar surface area (TPSA) is 69.9 Å². The third-order valence-electron chi connectivity index (χ3n) is 5.32. The minimum atomic E-state index is -0.590.